The third kappa shape index (κ3) is 2.89. The fourth-order valence-electron chi connectivity index (χ4n) is 1.96. The fraction of sp³-hybridized carbons (Fsp3) is 0.250. The molecule has 1 unspecified atom stereocenters. The van der Waals surface area contributed by atoms with Crippen molar-refractivity contribution in [3.05, 3.63) is 65.0 Å². The van der Waals surface area contributed by atoms with Crippen LogP contribution < -0.4 is 5.32 Å². The minimum Gasteiger partial charge on any atom is -0.378 e. The summed E-state index contributed by atoms with van der Waals surface area (Å²) in [5, 5.41) is 3.31. The van der Waals surface area contributed by atoms with E-state index in [9.17, 15) is 4.39 Å². The zero-order valence-corrected chi connectivity index (χ0v) is 11.0. The van der Waals surface area contributed by atoms with Gasteiger partial charge in [-0.05, 0) is 44.0 Å². The smallest absolute Gasteiger partial charge is 0.128 e. The second-order valence-electron chi connectivity index (χ2n) is 4.74. The maximum absolute atomic E-state index is 13.5. The van der Waals surface area contributed by atoms with Crippen LogP contribution in [0, 0.1) is 19.7 Å². The molecule has 0 aromatic heterocycles. The number of hydrogen-bond donors (Lipinski definition) is 1. The monoisotopic (exact) mass is 243 g/mol. The van der Waals surface area contributed by atoms with Crippen molar-refractivity contribution in [2.75, 3.05) is 5.32 Å². The molecule has 0 aliphatic heterocycles. The Balaban J connectivity index is 2.16. The molecule has 0 saturated heterocycles. The summed E-state index contributed by atoms with van der Waals surface area (Å²) in [5.41, 5.74) is 3.92. The van der Waals surface area contributed by atoms with E-state index in [1.54, 1.807) is 19.1 Å². The van der Waals surface area contributed by atoms with Gasteiger partial charge >= 0.3 is 0 Å². The summed E-state index contributed by atoms with van der Waals surface area (Å²) in [6.07, 6.45) is 0. The van der Waals surface area contributed by atoms with Gasteiger partial charge < -0.3 is 5.32 Å². The van der Waals surface area contributed by atoms with Crippen molar-refractivity contribution in [2.45, 2.75) is 26.8 Å². The van der Waals surface area contributed by atoms with Gasteiger partial charge in [0.15, 0.2) is 0 Å². The SMILES string of the molecule is Cc1cccc(C(C)Nc2ccc(C)c(F)c2)c1. The Kier molecular flexibility index (Phi) is 3.66. The van der Waals surface area contributed by atoms with Crippen molar-refractivity contribution in [2.24, 2.45) is 0 Å². The highest BCUT2D eigenvalue weighted by atomic mass is 19.1. The molecule has 1 N–H and O–H groups in total. The van der Waals surface area contributed by atoms with Crippen LogP contribution in [0.5, 0.6) is 0 Å². The predicted molar refractivity (Wildman–Crippen MR) is 74.4 cm³/mol. The van der Waals surface area contributed by atoms with Crippen LogP contribution in [-0.4, -0.2) is 0 Å². The summed E-state index contributed by atoms with van der Waals surface area (Å²) >= 11 is 0. The Morgan fingerprint density at radius 1 is 1.06 bits per heavy atom. The minimum atomic E-state index is -0.170. The van der Waals surface area contributed by atoms with Gasteiger partial charge in [0.1, 0.15) is 5.82 Å². The molecule has 1 atom stereocenters. The van der Waals surface area contributed by atoms with E-state index in [1.807, 2.05) is 12.1 Å². The molecule has 0 spiro atoms. The molecule has 18 heavy (non-hydrogen) atoms. The number of hydrogen-bond acceptors (Lipinski definition) is 1. The third-order valence-corrected chi connectivity index (χ3v) is 3.10. The predicted octanol–water partition coefficient (Wildman–Crippen LogP) is 4.62. The van der Waals surface area contributed by atoms with E-state index in [0.717, 1.165) is 5.69 Å². The Labute approximate surface area is 108 Å². The van der Waals surface area contributed by atoms with Gasteiger partial charge in [0.2, 0.25) is 0 Å². The standard InChI is InChI=1S/C16H18FN/c1-11-5-4-6-14(9-11)13(3)18-15-8-7-12(2)16(17)10-15/h4-10,13,18H,1-3H3. The van der Waals surface area contributed by atoms with Crippen LogP contribution >= 0.6 is 0 Å². The molecule has 0 amide bonds. The first-order chi connectivity index (χ1) is 8.56. The Morgan fingerprint density at radius 2 is 1.83 bits per heavy atom. The first-order valence-corrected chi connectivity index (χ1v) is 6.15. The summed E-state index contributed by atoms with van der Waals surface area (Å²) in [4.78, 5) is 0. The van der Waals surface area contributed by atoms with Gasteiger partial charge in [-0.1, -0.05) is 35.9 Å². The topological polar surface area (TPSA) is 12.0 Å². The second kappa shape index (κ2) is 5.21. The van der Waals surface area contributed by atoms with Gasteiger partial charge in [0.25, 0.3) is 0 Å². The third-order valence-electron chi connectivity index (χ3n) is 3.10. The van der Waals surface area contributed by atoms with Crippen LogP contribution in [0.25, 0.3) is 0 Å². The highest BCUT2D eigenvalue weighted by molar-refractivity contribution is 5.47. The zero-order chi connectivity index (χ0) is 13.1. The molecule has 0 fully saturated rings. The van der Waals surface area contributed by atoms with Gasteiger partial charge in [-0.25, -0.2) is 4.39 Å². The first-order valence-electron chi connectivity index (χ1n) is 6.15. The van der Waals surface area contributed by atoms with Crippen LogP contribution in [0.1, 0.15) is 29.7 Å². The lowest BCUT2D eigenvalue weighted by Crippen LogP contribution is -2.07. The molecule has 0 saturated carbocycles. The van der Waals surface area contributed by atoms with Crippen molar-refractivity contribution < 1.29 is 4.39 Å². The summed E-state index contributed by atoms with van der Waals surface area (Å²) < 4.78 is 13.5. The molecule has 1 nitrogen and oxygen atoms in total. The number of aryl methyl sites for hydroxylation is 2. The number of halogens is 1. The van der Waals surface area contributed by atoms with Crippen molar-refractivity contribution in [3.8, 4) is 0 Å². The molecule has 2 heteroatoms. The molecular weight excluding hydrogens is 225 g/mol. The molecule has 0 heterocycles. The van der Waals surface area contributed by atoms with Crippen molar-refractivity contribution in [1.82, 2.24) is 0 Å². The molecule has 0 aliphatic carbocycles. The average molecular weight is 243 g/mol. The van der Waals surface area contributed by atoms with Gasteiger partial charge in [-0.3, -0.25) is 0 Å². The number of benzene rings is 2. The van der Waals surface area contributed by atoms with Gasteiger partial charge in [-0.2, -0.15) is 0 Å². The van der Waals surface area contributed by atoms with Gasteiger partial charge in [-0.15, -0.1) is 0 Å². The molecular formula is C16H18FN. The van der Waals surface area contributed by atoms with E-state index in [2.05, 4.69) is 37.4 Å². The number of anilines is 1. The zero-order valence-electron chi connectivity index (χ0n) is 11.0. The number of rotatable bonds is 3. The van der Waals surface area contributed by atoms with E-state index < -0.39 is 0 Å². The molecule has 2 aromatic carbocycles. The minimum absolute atomic E-state index is 0.159. The molecule has 2 aromatic rings. The molecule has 0 bridgehead atoms. The number of nitrogens with one attached hydrogen (secondary N) is 1. The van der Waals surface area contributed by atoms with Crippen LogP contribution in [0.4, 0.5) is 10.1 Å². The van der Waals surface area contributed by atoms with Crippen molar-refractivity contribution in [1.29, 1.82) is 0 Å². The summed E-state index contributed by atoms with van der Waals surface area (Å²) in [6.45, 7) is 5.91. The van der Waals surface area contributed by atoms with Crippen molar-refractivity contribution in [3.63, 3.8) is 0 Å². The Hall–Kier alpha value is -1.83. The Morgan fingerprint density at radius 3 is 2.50 bits per heavy atom. The van der Waals surface area contributed by atoms with Gasteiger partial charge in [0, 0.05) is 11.7 Å². The molecule has 0 radical (unpaired) electrons. The lowest BCUT2D eigenvalue weighted by Gasteiger charge is -2.16. The lowest BCUT2D eigenvalue weighted by molar-refractivity contribution is 0.618. The largest absolute Gasteiger partial charge is 0.378 e. The molecule has 0 aliphatic rings. The van der Waals surface area contributed by atoms with Crippen molar-refractivity contribution >= 4 is 5.69 Å². The highest BCUT2D eigenvalue weighted by Crippen LogP contribution is 2.21. The fourth-order valence-corrected chi connectivity index (χ4v) is 1.96. The molecule has 2 rings (SSSR count). The molecule has 94 valence electrons. The highest BCUT2D eigenvalue weighted by Gasteiger charge is 2.06. The average Bonchev–Trinajstić information content (AvgIpc) is 2.34. The van der Waals surface area contributed by atoms with Crippen LogP contribution in [0.15, 0.2) is 42.5 Å². The first kappa shape index (κ1) is 12.6. The summed E-state index contributed by atoms with van der Waals surface area (Å²) in [5.74, 6) is -0.170. The maximum atomic E-state index is 13.5. The Bertz CT molecular complexity index is 549. The quantitative estimate of drug-likeness (QED) is 0.829. The van der Waals surface area contributed by atoms with Crippen LogP contribution in [0.3, 0.4) is 0 Å². The van der Waals surface area contributed by atoms with E-state index in [4.69, 9.17) is 0 Å². The summed E-state index contributed by atoms with van der Waals surface area (Å²) in [6, 6.07) is 13.7. The second-order valence-corrected chi connectivity index (χ2v) is 4.74. The van der Waals surface area contributed by atoms with E-state index >= 15 is 0 Å². The van der Waals surface area contributed by atoms with Crippen LogP contribution in [0.2, 0.25) is 0 Å². The van der Waals surface area contributed by atoms with E-state index in [0.29, 0.717) is 5.56 Å². The lowest BCUT2D eigenvalue weighted by atomic mass is 10.1. The van der Waals surface area contributed by atoms with E-state index in [1.165, 1.54) is 11.1 Å². The van der Waals surface area contributed by atoms with Crippen LogP contribution in [-0.2, 0) is 0 Å². The maximum Gasteiger partial charge on any atom is 0.128 e. The summed E-state index contributed by atoms with van der Waals surface area (Å²) in [7, 11) is 0. The van der Waals surface area contributed by atoms with E-state index in [-0.39, 0.29) is 11.9 Å². The van der Waals surface area contributed by atoms with Gasteiger partial charge in [0.05, 0.1) is 0 Å². The normalized spacial score (nSPS) is 12.2.